The first kappa shape index (κ1) is 62.0. The maximum absolute atomic E-state index is 14.8. The van der Waals surface area contributed by atoms with Gasteiger partial charge in [-0.2, -0.15) is 0 Å². The van der Waals surface area contributed by atoms with Crippen molar-refractivity contribution in [3.63, 3.8) is 0 Å². The molecule has 5 rings (SSSR count). The van der Waals surface area contributed by atoms with Gasteiger partial charge in [0.25, 0.3) is 0 Å². The van der Waals surface area contributed by atoms with Gasteiger partial charge >= 0.3 is 0 Å². The van der Waals surface area contributed by atoms with E-state index in [4.69, 9.17) is 17.2 Å². The molecule has 26 heteroatoms. The normalized spacial score (nSPS) is 21.3. The Morgan fingerprint density at radius 2 is 1.38 bits per heavy atom. The van der Waals surface area contributed by atoms with Gasteiger partial charge in [0, 0.05) is 81.2 Å². The first-order valence-corrected chi connectivity index (χ1v) is 26.9. The summed E-state index contributed by atoms with van der Waals surface area (Å²) in [7, 11) is 0. The van der Waals surface area contributed by atoms with E-state index in [9.17, 15) is 47.9 Å². The number of H-pyrrole nitrogens is 2. The molecule has 4 aromatic rings. The lowest BCUT2D eigenvalue weighted by Crippen LogP contribution is -2.60. The van der Waals surface area contributed by atoms with Crippen molar-refractivity contribution in [2.24, 2.45) is 22.2 Å². The van der Waals surface area contributed by atoms with E-state index in [0.29, 0.717) is 42.5 Å². The first-order chi connectivity index (χ1) is 38.4. The van der Waals surface area contributed by atoms with Gasteiger partial charge in [-0.25, -0.2) is 4.98 Å². The molecular weight excluding hydrogens is 1030 g/mol. The van der Waals surface area contributed by atoms with Crippen LogP contribution in [0.2, 0.25) is 0 Å². The van der Waals surface area contributed by atoms with Crippen molar-refractivity contribution < 1.29 is 47.9 Å². The van der Waals surface area contributed by atoms with E-state index < -0.39 is 108 Å². The Labute approximate surface area is 463 Å². The molecule has 26 nitrogen and oxygen atoms in total. The van der Waals surface area contributed by atoms with Crippen LogP contribution in [0.4, 0.5) is 0 Å². The third-order valence-electron chi connectivity index (χ3n) is 13.2. The highest BCUT2D eigenvalue weighted by Gasteiger charge is 2.35. The lowest BCUT2D eigenvalue weighted by atomic mass is 10.0. The summed E-state index contributed by atoms with van der Waals surface area (Å²) in [5.74, 6) is -7.48. The second-order valence-electron chi connectivity index (χ2n) is 19.7. The van der Waals surface area contributed by atoms with Crippen LogP contribution in [0.1, 0.15) is 101 Å². The van der Waals surface area contributed by atoms with Crippen molar-refractivity contribution >= 4 is 75.9 Å². The number of carbonyl (C=O) groups excluding carboxylic acids is 10. The number of hydrogen-bond donors (Lipinski definition) is 14. The number of primary amides is 1. The zero-order valence-corrected chi connectivity index (χ0v) is 45.2. The molecule has 1 aliphatic heterocycles. The number of carbonyl (C=O) groups is 10. The third kappa shape index (κ3) is 20.8. The molecule has 0 saturated carbocycles. The van der Waals surface area contributed by atoms with E-state index in [0.717, 1.165) is 10.9 Å². The number of guanidine groups is 1. The zero-order chi connectivity index (χ0) is 58.0. The molecule has 0 aliphatic carbocycles. The smallest absolute Gasteiger partial charge is 0.243 e. The van der Waals surface area contributed by atoms with E-state index >= 15 is 0 Å². The number of aromatic amines is 2. The maximum atomic E-state index is 14.8. The fourth-order valence-electron chi connectivity index (χ4n) is 8.97. The van der Waals surface area contributed by atoms with Crippen molar-refractivity contribution in [1.82, 2.24) is 62.8 Å². The molecule has 1 fully saturated rings. The number of hydrogen-bond acceptors (Lipinski definition) is 12. The lowest BCUT2D eigenvalue weighted by molar-refractivity contribution is -0.136. The molecule has 17 N–H and O–H groups in total. The molecule has 80 heavy (non-hydrogen) atoms. The summed E-state index contributed by atoms with van der Waals surface area (Å²) in [6.45, 7) is 3.24. The van der Waals surface area contributed by atoms with Crippen molar-refractivity contribution in [2.45, 2.75) is 146 Å². The highest BCUT2D eigenvalue weighted by atomic mass is 16.2. The number of nitrogens with two attached hydrogens (primary N) is 3. The number of aromatic nitrogens is 3. The maximum Gasteiger partial charge on any atom is 0.243 e. The van der Waals surface area contributed by atoms with Crippen molar-refractivity contribution in [2.75, 3.05) is 19.6 Å². The van der Waals surface area contributed by atoms with Crippen LogP contribution in [-0.2, 0) is 67.2 Å². The quantitative estimate of drug-likeness (QED) is 0.0331. The summed E-state index contributed by atoms with van der Waals surface area (Å²) in [6.07, 6.45) is 5.85. The highest BCUT2D eigenvalue weighted by molar-refractivity contribution is 5.99. The van der Waals surface area contributed by atoms with Gasteiger partial charge in [-0.1, -0.05) is 68.3 Å². The number of amides is 10. The third-order valence-corrected chi connectivity index (χ3v) is 13.2. The van der Waals surface area contributed by atoms with Gasteiger partial charge in [-0.05, 0) is 62.1 Å². The topological polar surface area (TPSA) is 414 Å². The largest absolute Gasteiger partial charge is 0.370 e. The fourth-order valence-corrected chi connectivity index (χ4v) is 8.97. The zero-order valence-electron chi connectivity index (χ0n) is 45.2. The van der Waals surface area contributed by atoms with E-state index in [-0.39, 0.29) is 83.4 Å². The molecule has 10 amide bonds. The summed E-state index contributed by atoms with van der Waals surface area (Å²) in [4.78, 5) is 152. The molecule has 0 bridgehead atoms. The second kappa shape index (κ2) is 32.2. The molecule has 0 spiro atoms. The molecule has 0 unspecified atom stereocenters. The Morgan fingerprint density at radius 1 is 0.713 bits per heavy atom. The Kier molecular flexibility index (Phi) is 24.9. The molecule has 432 valence electrons. The number of imidazole rings is 1. The molecule has 3 heterocycles. The minimum atomic E-state index is -1.61. The summed E-state index contributed by atoms with van der Waals surface area (Å²) >= 11 is 0. The van der Waals surface area contributed by atoms with Gasteiger partial charge in [0.15, 0.2) is 5.96 Å². The first-order valence-electron chi connectivity index (χ1n) is 26.9. The van der Waals surface area contributed by atoms with Crippen LogP contribution in [0.5, 0.6) is 0 Å². The van der Waals surface area contributed by atoms with E-state index in [1.54, 1.807) is 36.5 Å². The number of nitrogens with zero attached hydrogens (tertiary/aromatic N) is 2. The predicted molar refractivity (Wildman–Crippen MR) is 296 cm³/mol. The van der Waals surface area contributed by atoms with Gasteiger partial charge in [-0.3, -0.25) is 52.9 Å². The number of fused-ring (bicyclic) bond motifs is 1. The number of benzene rings is 2. The van der Waals surface area contributed by atoms with Crippen molar-refractivity contribution in [3.8, 4) is 0 Å². The van der Waals surface area contributed by atoms with Gasteiger partial charge in [-0.15, -0.1) is 0 Å². The van der Waals surface area contributed by atoms with Crippen molar-refractivity contribution in [3.05, 3.63) is 90.1 Å². The Bertz CT molecular complexity index is 2770. The Balaban J connectivity index is 1.53. The van der Waals surface area contributed by atoms with Gasteiger partial charge < -0.3 is 75.0 Å². The van der Waals surface area contributed by atoms with Crippen LogP contribution >= 0.6 is 0 Å². The summed E-state index contributed by atoms with van der Waals surface area (Å²) in [5, 5.41) is 25.2. The number of unbranched alkanes of at least 4 members (excludes halogenated alkanes) is 1. The molecule has 7 atom stereocenters. The minimum Gasteiger partial charge on any atom is -0.370 e. The van der Waals surface area contributed by atoms with Crippen LogP contribution in [0.15, 0.2) is 78.3 Å². The van der Waals surface area contributed by atoms with Gasteiger partial charge in [0.1, 0.15) is 42.3 Å². The molecule has 1 aliphatic rings. The Morgan fingerprint density at radius 3 is 2.06 bits per heavy atom. The molecular formula is C54H76N16O10. The number of para-hydroxylation sites is 1. The summed E-state index contributed by atoms with van der Waals surface area (Å²) < 4.78 is 0. The number of nitrogens with one attached hydrogen (secondary N) is 11. The van der Waals surface area contributed by atoms with Gasteiger partial charge in [0.2, 0.25) is 59.1 Å². The minimum absolute atomic E-state index is 0.00385. The summed E-state index contributed by atoms with van der Waals surface area (Å²) in [6, 6.07) is 6.85. The molecule has 1 saturated heterocycles. The second-order valence-corrected chi connectivity index (χ2v) is 19.7. The fraction of sp³-hybridized carbons (Fsp3) is 0.481. The van der Waals surface area contributed by atoms with E-state index in [1.165, 1.54) is 19.4 Å². The van der Waals surface area contributed by atoms with Gasteiger partial charge in [0.05, 0.1) is 12.7 Å². The molecule has 0 radical (unpaired) electrons. The summed E-state index contributed by atoms with van der Waals surface area (Å²) in [5.41, 5.74) is 19.3. The van der Waals surface area contributed by atoms with Crippen LogP contribution < -0.4 is 65.1 Å². The number of aliphatic imine (C=N–C) groups is 1. The number of rotatable bonds is 17. The average Bonchev–Trinajstić information content (AvgIpc) is 4.10. The van der Waals surface area contributed by atoms with Crippen LogP contribution in [0.25, 0.3) is 10.9 Å². The average molecular weight is 1110 g/mol. The predicted octanol–water partition coefficient (Wildman–Crippen LogP) is -1.35. The van der Waals surface area contributed by atoms with Crippen molar-refractivity contribution in [1.29, 1.82) is 0 Å². The van der Waals surface area contributed by atoms with E-state index in [1.807, 2.05) is 31.2 Å². The lowest BCUT2D eigenvalue weighted by Gasteiger charge is -2.28. The van der Waals surface area contributed by atoms with Crippen LogP contribution in [0.3, 0.4) is 0 Å². The molecule has 2 aromatic heterocycles. The highest BCUT2D eigenvalue weighted by Crippen LogP contribution is 2.20. The van der Waals surface area contributed by atoms with Crippen LogP contribution in [0, 0.1) is 0 Å². The standard InChI is InChI=1S/C54H76N16O10/c1-3-4-17-39(64-32(2)71)49(76)70-44-28-46(73)59-22-11-10-19-38(47(55)74)65-45(72)21-13-23-60-48(75)42(26-34-29-62-37-18-9-8-16-36(34)37)68-50(77)40(20-12-24-61-54(56)57)66-51(78)41(25-33-14-6-5-7-15-33)67-52(79)43(69-53(44)80)27-35-30-58-31-63-35/h5-9,14-16,18,29-31,38-44,62H,3-4,10-13,17,19-28H2,1-2H3,(H2,55,74)(H,58,63)(H,59,73)(H,60,75)(H,64,71)(H,65,72)(H,66,78)(H,67,79)(H,68,77)(H,69,80)(H,70,76)(H4,56,57,61)/t38-,39-,40-,41+,42+,43-,44-/m0/s1. The Hall–Kier alpha value is -8.84. The monoisotopic (exact) mass is 1110 g/mol. The van der Waals surface area contributed by atoms with Crippen LogP contribution in [-0.4, -0.2) is 142 Å². The SMILES string of the molecule is CCCC[C@H](NC(C)=O)C(=O)N[C@H]1CC(=O)NCCCC[C@@H](C(N)=O)NC(=O)CCCNC(=O)[C@@H](Cc2c[nH]c3ccccc23)NC(=O)[C@H](CCCN=C(N)N)NC(=O)[C@@H](Cc2ccccc2)NC(=O)[C@H](Cc2cnc[nH]2)NC1=O. The van der Waals surface area contributed by atoms with E-state index in [2.05, 4.69) is 67.8 Å². The molecule has 2 aromatic carbocycles.